The maximum Gasteiger partial charge on any atom is 0.150 e. The van der Waals surface area contributed by atoms with Crippen LogP contribution >= 0.6 is 0 Å². The molecule has 0 N–H and O–H groups in total. The van der Waals surface area contributed by atoms with Gasteiger partial charge in [-0.2, -0.15) is 5.10 Å². The summed E-state index contributed by atoms with van der Waals surface area (Å²) in [6.45, 7) is 7.13. The molecule has 0 radical (unpaired) electrons. The number of hydrogen-bond acceptors (Lipinski definition) is 4. The van der Waals surface area contributed by atoms with Gasteiger partial charge in [0, 0.05) is 29.2 Å². The molecule has 0 aromatic heterocycles. The van der Waals surface area contributed by atoms with Crippen LogP contribution < -0.4 is 9.91 Å². The van der Waals surface area contributed by atoms with Gasteiger partial charge in [0.1, 0.15) is 6.29 Å². The van der Waals surface area contributed by atoms with E-state index in [2.05, 4.69) is 98.5 Å². The molecule has 35 heavy (non-hydrogen) atoms. The Morgan fingerprint density at radius 1 is 0.629 bits per heavy atom. The highest BCUT2D eigenvalue weighted by molar-refractivity contribution is 5.83. The Hall–Kier alpha value is -4.18. The second-order valence-corrected chi connectivity index (χ2v) is 8.68. The van der Waals surface area contributed by atoms with Crippen molar-refractivity contribution in [2.24, 2.45) is 5.10 Å². The summed E-state index contributed by atoms with van der Waals surface area (Å²) in [5.41, 5.74) is 8.45. The second-order valence-electron chi connectivity index (χ2n) is 8.68. The van der Waals surface area contributed by atoms with Gasteiger partial charge in [-0.1, -0.05) is 54.4 Å². The molecule has 0 fully saturated rings. The van der Waals surface area contributed by atoms with Gasteiger partial charge in [0.25, 0.3) is 0 Å². The number of hydrazone groups is 1. The van der Waals surface area contributed by atoms with Gasteiger partial charge in [-0.05, 0) is 86.5 Å². The average Bonchev–Trinajstić information content (AvgIpc) is 2.90. The predicted octanol–water partition coefficient (Wildman–Crippen LogP) is 7.84. The molecule has 4 rings (SSSR count). The molecule has 0 spiro atoms. The Labute approximate surface area is 208 Å². The van der Waals surface area contributed by atoms with Crippen LogP contribution in [0.4, 0.5) is 22.7 Å². The van der Waals surface area contributed by atoms with Crippen molar-refractivity contribution in [3.8, 4) is 0 Å². The zero-order valence-electron chi connectivity index (χ0n) is 20.6. The molecule has 0 atom stereocenters. The third-order valence-corrected chi connectivity index (χ3v) is 5.84. The van der Waals surface area contributed by atoms with Crippen molar-refractivity contribution in [2.75, 3.05) is 16.5 Å². The van der Waals surface area contributed by atoms with E-state index in [1.165, 1.54) is 11.1 Å². The quantitative estimate of drug-likeness (QED) is 0.145. The standard InChI is InChI=1S/C31H31N3O/c1-4-21-33(28-17-11-27(23-35)12-18-28)32-22-26-9-19-31(20-10-26)34(29-13-5-24(2)6-14-29)30-15-7-25(3)8-16-30/h5-20,22-23H,4,21H2,1-3H3. The number of aryl methyl sites for hydroxylation is 2. The first-order valence-electron chi connectivity index (χ1n) is 12.0. The van der Waals surface area contributed by atoms with Crippen LogP contribution in [-0.2, 0) is 0 Å². The molecular formula is C31H31N3O. The minimum Gasteiger partial charge on any atom is -0.311 e. The Bertz CT molecular complexity index is 1210. The molecule has 0 bridgehead atoms. The molecule has 0 unspecified atom stereocenters. The lowest BCUT2D eigenvalue weighted by atomic mass is 10.1. The van der Waals surface area contributed by atoms with E-state index in [1.807, 2.05) is 35.5 Å². The van der Waals surface area contributed by atoms with Gasteiger partial charge in [0.2, 0.25) is 0 Å². The van der Waals surface area contributed by atoms with Crippen molar-refractivity contribution in [2.45, 2.75) is 27.2 Å². The number of aldehydes is 1. The largest absolute Gasteiger partial charge is 0.311 e. The molecule has 0 amide bonds. The minimum absolute atomic E-state index is 0.663. The number of anilines is 4. The maximum absolute atomic E-state index is 11.0. The van der Waals surface area contributed by atoms with Gasteiger partial charge >= 0.3 is 0 Å². The van der Waals surface area contributed by atoms with E-state index in [-0.39, 0.29) is 0 Å². The number of rotatable bonds is 9. The van der Waals surface area contributed by atoms with Crippen LogP contribution in [0, 0.1) is 13.8 Å². The van der Waals surface area contributed by atoms with E-state index in [1.54, 1.807) is 0 Å². The lowest BCUT2D eigenvalue weighted by molar-refractivity contribution is 0.112. The molecule has 0 saturated heterocycles. The van der Waals surface area contributed by atoms with Crippen molar-refractivity contribution in [3.05, 3.63) is 119 Å². The summed E-state index contributed by atoms with van der Waals surface area (Å²) < 4.78 is 0. The van der Waals surface area contributed by atoms with Crippen LogP contribution in [0.25, 0.3) is 0 Å². The number of hydrogen-bond donors (Lipinski definition) is 0. The van der Waals surface area contributed by atoms with E-state index < -0.39 is 0 Å². The molecular weight excluding hydrogens is 430 g/mol. The summed E-state index contributed by atoms with van der Waals surface area (Å²) >= 11 is 0. The molecule has 0 aliphatic rings. The Morgan fingerprint density at radius 3 is 1.51 bits per heavy atom. The summed E-state index contributed by atoms with van der Waals surface area (Å²) in [5.74, 6) is 0. The van der Waals surface area contributed by atoms with Crippen LogP contribution in [0.1, 0.15) is 40.4 Å². The van der Waals surface area contributed by atoms with Gasteiger partial charge in [0.15, 0.2) is 0 Å². The highest BCUT2D eigenvalue weighted by atomic mass is 16.1. The summed E-state index contributed by atoms with van der Waals surface area (Å²) in [7, 11) is 0. The van der Waals surface area contributed by atoms with Crippen molar-refractivity contribution in [3.63, 3.8) is 0 Å². The van der Waals surface area contributed by atoms with E-state index in [0.29, 0.717) is 5.56 Å². The zero-order valence-corrected chi connectivity index (χ0v) is 20.6. The zero-order chi connectivity index (χ0) is 24.6. The summed E-state index contributed by atoms with van der Waals surface area (Å²) in [5, 5.41) is 6.69. The summed E-state index contributed by atoms with van der Waals surface area (Å²) in [4.78, 5) is 13.2. The van der Waals surface area contributed by atoms with Gasteiger partial charge < -0.3 is 4.90 Å². The van der Waals surface area contributed by atoms with Crippen LogP contribution in [0.3, 0.4) is 0 Å². The Kier molecular flexibility index (Phi) is 7.74. The van der Waals surface area contributed by atoms with Crippen molar-refractivity contribution < 1.29 is 4.79 Å². The average molecular weight is 462 g/mol. The second kappa shape index (κ2) is 11.3. The number of nitrogens with zero attached hydrogens (tertiary/aromatic N) is 3. The first-order chi connectivity index (χ1) is 17.1. The van der Waals surface area contributed by atoms with E-state index >= 15 is 0 Å². The van der Waals surface area contributed by atoms with Crippen molar-refractivity contribution >= 4 is 35.3 Å². The maximum atomic E-state index is 11.0. The number of carbonyl (C=O) groups excluding carboxylic acids is 1. The smallest absolute Gasteiger partial charge is 0.150 e. The van der Waals surface area contributed by atoms with Gasteiger partial charge in [-0.15, -0.1) is 0 Å². The van der Waals surface area contributed by atoms with Gasteiger partial charge in [0.05, 0.1) is 11.9 Å². The highest BCUT2D eigenvalue weighted by Gasteiger charge is 2.12. The van der Waals surface area contributed by atoms with Crippen molar-refractivity contribution in [1.82, 2.24) is 0 Å². The van der Waals surface area contributed by atoms with Gasteiger partial charge in [-0.3, -0.25) is 9.80 Å². The van der Waals surface area contributed by atoms with Gasteiger partial charge in [-0.25, -0.2) is 0 Å². The molecule has 0 aliphatic heterocycles. The van der Waals surface area contributed by atoms with Crippen molar-refractivity contribution in [1.29, 1.82) is 0 Å². The summed E-state index contributed by atoms with van der Waals surface area (Å²) in [6.07, 6.45) is 3.71. The molecule has 0 saturated carbocycles. The molecule has 176 valence electrons. The molecule has 0 aliphatic carbocycles. The Balaban J connectivity index is 1.60. The number of carbonyl (C=O) groups is 1. The van der Waals surface area contributed by atoms with Crippen LogP contribution in [0.5, 0.6) is 0 Å². The van der Waals surface area contributed by atoms with Crippen LogP contribution in [0.2, 0.25) is 0 Å². The first kappa shape index (κ1) is 24.0. The fraction of sp³-hybridized carbons (Fsp3) is 0.161. The van der Waals surface area contributed by atoms with Crippen LogP contribution in [-0.4, -0.2) is 19.0 Å². The topological polar surface area (TPSA) is 35.9 Å². The fourth-order valence-corrected chi connectivity index (χ4v) is 3.87. The molecule has 4 aromatic carbocycles. The monoisotopic (exact) mass is 461 g/mol. The lowest BCUT2D eigenvalue weighted by Gasteiger charge is -2.26. The molecule has 4 aromatic rings. The highest BCUT2D eigenvalue weighted by Crippen LogP contribution is 2.34. The SMILES string of the molecule is CCCN(N=Cc1ccc(N(c2ccc(C)cc2)c2ccc(C)cc2)cc1)c1ccc(C=O)cc1. The lowest BCUT2D eigenvalue weighted by Crippen LogP contribution is -2.17. The van der Waals surface area contributed by atoms with E-state index in [9.17, 15) is 4.79 Å². The molecule has 4 heteroatoms. The fourth-order valence-electron chi connectivity index (χ4n) is 3.87. The first-order valence-corrected chi connectivity index (χ1v) is 12.0. The van der Waals surface area contributed by atoms with E-state index in [4.69, 9.17) is 5.10 Å². The van der Waals surface area contributed by atoms with E-state index in [0.717, 1.165) is 47.6 Å². The Morgan fingerprint density at radius 2 is 1.06 bits per heavy atom. The number of benzene rings is 4. The third-order valence-electron chi connectivity index (χ3n) is 5.84. The minimum atomic E-state index is 0.663. The predicted molar refractivity (Wildman–Crippen MR) is 148 cm³/mol. The third kappa shape index (κ3) is 6.04. The molecule has 4 nitrogen and oxygen atoms in total. The normalized spacial score (nSPS) is 10.9. The summed E-state index contributed by atoms with van der Waals surface area (Å²) in [6, 6.07) is 33.1. The molecule has 0 heterocycles. The van der Waals surface area contributed by atoms with Crippen LogP contribution in [0.15, 0.2) is 102 Å².